The summed E-state index contributed by atoms with van der Waals surface area (Å²) in [7, 11) is 1.55. The smallest absolute Gasteiger partial charge is 0.335 e. The van der Waals surface area contributed by atoms with Gasteiger partial charge in [0.25, 0.3) is 0 Å². The van der Waals surface area contributed by atoms with Gasteiger partial charge in [0.2, 0.25) is 5.91 Å². The number of aromatic nitrogens is 3. The summed E-state index contributed by atoms with van der Waals surface area (Å²) < 4.78 is 8.27. The number of ether oxygens (including phenoxy) is 1. The number of aryl methyl sites for hydroxylation is 2. The Kier molecular flexibility index (Phi) is 5.10. The lowest BCUT2D eigenvalue weighted by atomic mass is 10.2. The molecule has 2 aromatic heterocycles. The first-order chi connectivity index (χ1) is 14.5. The second-order valence-corrected chi connectivity index (χ2v) is 7.14. The molecule has 1 amide bonds. The van der Waals surface area contributed by atoms with E-state index in [2.05, 4.69) is 10.3 Å². The fraction of sp³-hybridized carbons (Fsp3) is 0.174. The molecule has 4 rings (SSSR count). The van der Waals surface area contributed by atoms with Gasteiger partial charge in [0, 0.05) is 6.20 Å². The summed E-state index contributed by atoms with van der Waals surface area (Å²) >= 11 is 0. The van der Waals surface area contributed by atoms with Crippen molar-refractivity contribution in [3.63, 3.8) is 0 Å². The van der Waals surface area contributed by atoms with Crippen molar-refractivity contribution in [2.45, 2.75) is 20.4 Å². The summed E-state index contributed by atoms with van der Waals surface area (Å²) in [6, 6.07) is 16.7. The fourth-order valence-electron chi connectivity index (χ4n) is 3.42. The van der Waals surface area contributed by atoms with Crippen LogP contribution in [0.15, 0.2) is 65.6 Å². The number of nitrogens with one attached hydrogen (secondary N) is 1. The summed E-state index contributed by atoms with van der Waals surface area (Å²) in [5.74, 6) is 0.234. The predicted octanol–water partition coefficient (Wildman–Crippen LogP) is 3.45. The Morgan fingerprint density at radius 1 is 1.07 bits per heavy atom. The summed E-state index contributed by atoms with van der Waals surface area (Å²) in [6.07, 6.45) is 1.63. The number of hydrogen-bond acceptors (Lipinski definition) is 4. The van der Waals surface area contributed by atoms with E-state index in [4.69, 9.17) is 4.74 Å². The highest BCUT2D eigenvalue weighted by Crippen LogP contribution is 2.25. The Balaban J connectivity index is 1.73. The van der Waals surface area contributed by atoms with E-state index < -0.39 is 0 Å². The van der Waals surface area contributed by atoms with Gasteiger partial charge in [0.1, 0.15) is 12.3 Å². The molecule has 0 atom stereocenters. The van der Waals surface area contributed by atoms with Gasteiger partial charge in [-0.25, -0.2) is 14.3 Å². The van der Waals surface area contributed by atoms with Crippen molar-refractivity contribution in [1.82, 2.24) is 14.1 Å². The minimum absolute atomic E-state index is 0.142. The molecule has 4 aromatic rings. The zero-order chi connectivity index (χ0) is 21.3. The van der Waals surface area contributed by atoms with Gasteiger partial charge in [0.05, 0.1) is 24.0 Å². The van der Waals surface area contributed by atoms with Crippen LogP contribution < -0.4 is 15.7 Å². The van der Waals surface area contributed by atoms with E-state index in [0.29, 0.717) is 28.3 Å². The Morgan fingerprint density at radius 3 is 2.53 bits per heavy atom. The molecule has 30 heavy (non-hydrogen) atoms. The molecule has 0 bridgehead atoms. The molecule has 2 heterocycles. The quantitative estimate of drug-likeness (QED) is 0.555. The molecule has 0 aliphatic rings. The van der Waals surface area contributed by atoms with Gasteiger partial charge in [-0.15, -0.1) is 0 Å². The average Bonchev–Trinajstić information content (AvgIpc) is 3.00. The minimum atomic E-state index is -0.326. The minimum Gasteiger partial charge on any atom is -0.495 e. The summed E-state index contributed by atoms with van der Waals surface area (Å²) in [4.78, 5) is 30.4. The van der Waals surface area contributed by atoms with Crippen LogP contribution in [0.5, 0.6) is 5.75 Å². The number of nitrogens with zero attached hydrogens (tertiary/aromatic N) is 3. The maximum atomic E-state index is 13.2. The van der Waals surface area contributed by atoms with Crippen molar-refractivity contribution in [2.24, 2.45) is 0 Å². The zero-order valence-electron chi connectivity index (χ0n) is 17.0. The van der Waals surface area contributed by atoms with Crippen LogP contribution in [0.4, 0.5) is 5.69 Å². The van der Waals surface area contributed by atoms with Gasteiger partial charge in [-0.1, -0.05) is 23.8 Å². The molecule has 152 valence electrons. The monoisotopic (exact) mass is 402 g/mol. The van der Waals surface area contributed by atoms with Crippen LogP contribution in [-0.4, -0.2) is 27.1 Å². The molecule has 0 fully saturated rings. The third-order valence-electron chi connectivity index (χ3n) is 4.91. The summed E-state index contributed by atoms with van der Waals surface area (Å²) in [5, 5.41) is 2.85. The molecule has 7 nitrogen and oxygen atoms in total. The number of hydrogen-bond donors (Lipinski definition) is 1. The topological polar surface area (TPSA) is 78.1 Å². The number of benzene rings is 2. The standard InChI is InChI=1S/C23H22N4O3/c1-15-6-9-17(10-7-15)27-22-19(5-4-12-24-22)26(23(27)29)14-21(28)25-18-13-16(2)8-11-20(18)30-3/h4-13H,14H2,1-3H3,(H,25,28). The Bertz CT molecular complexity index is 1290. The molecule has 0 spiro atoms. The Morgan fingerprint density at radius 2 is 1.80 bits per heavy atom. The van der Waals surface area contributed by atoms with Gasteiger partial charge >= 0.3 is 5.69 Å². The number of pyridine rings is 1. The van der Waals surface area contributed by atoms with Crippen LogP contribution in [0.25, 0.3) is 16.9 Å². The number of methoxy groups -OCH3 is 1. The number of anilines is 1. The first-order valence-corrected chi connectivity index (χ1v) is 9.55. The van der Waals surface area contributed by atoms with E-state index in [9.17, 15) is 9.59 Å². The highest BCUT2D eigenvalue weighted by Gasteiger charge is 2.18. The van der Waals surface area contributed by atoms with Crippen LogP contribution in [0.1, 0.15) is 11.1 Å². The first kappa shape index (κ1) is 19.4. The zero-order valence-corrected chi connectivity index (χ0v) is 17.0. The molecule has 0 aliphatic heterocycles. The van der Waals surface area contributed by atoms with E-state index in [1.54, 1.807) is 31.5 Å². The molecule has 0 aliphatic carbocycles. The number of amides is 1. The van der Waals surface area contributed by atoms with Gasteiger partial charge in [-0.05, 0) is 55.8 Å². The lowest BCUT2D eigenvalue weighted by Gasteiger charge is -2.11. The van der Waals surface area contributed by atoms with Crippen LogP contribution in [-0.2, 0) is 11.3 Å². The number of imidazole rings is 1. The van der Waals surface area contributed by atoms with Crippen molar-refractivity contribution in [3.05, 3.63) is 82.4 Å². The molecule has 1 N–H and O–H groups in total. The van der Waals surface area contributed by atoms with Gasteiger partial charge < -0.3 is 10.1 Å². The van der Waals surface area contributed by atoms with Crippen LogP contribution in [0.2, 0.25) is 0 Å². The van der Waals surface area contributed by atoms with E-state index in [0.717, 1.165) is 11.1 Å². The second kappa shape index (κ2) is 7.87. The number of carbonyl (C=O) groups is 1. The van der Waals surface area contributed by atoms with Crippen molar-refractivity contribution in [2.75, 3.05) is 12.4 Å². The molecule has 0 radical (unpaired) electrons. The molecule has 2 aromatic carbocycles. The Labute approximate surface area is 173 Å². The molecule has 0 saturated carbocycles. The largest absolute Gasteiger partial charge is 0.495 e. The van der Waals surface area contributed by atoms with E-state index in [1.165, 1.54) is 9.13 Å². The predicted molar refractivity (Wildman–Crippen MR) is 116 cm³/mol. The van der Waals surface area contributed by atoms with Crippen molar-refractivity contribution in [1.29, 1.82) is 0 Å². The second-order valence-electron chi connectivity index (χ2n) is 7.14. The third kappa shape index (κ3) is 3.57. The van der Waals surface area contributed by atoms with E-state index in [-0.39, 0.29) is 18.1 Å². The van der Waals surface area contributed by atoms with E-state index >= 15 is 0 Å². The molecule has 0 saturated heterocycles. The average molecular weight is 402 g/mol. The van der Waals surface area contributed by atoms with Gasteiger partial charge in [0.15, 0.2) is 5.65 Å². The number of fused-ring (bicyclic) bond motifs is 1. The van der Waals surface area contributed by atoms with Crippen LogP contribution in [0.3, 0.4) is 0 Å². The molecule has 0 unspecified atom stereocenters. The summed E-state index contributed by atoms with van der Waals surface area (Å²) in [5.41, 5.74) is 4.13. The number of carbonyl (C=O) groups excluding carboxylic acids is 1. The number of rotatable bonds is 5. The van der Waals surface area contributed by atoms with Crippen molar-refractivity contribution >= 4 is 22.8 Å². The fourth-order valence-corrected chi connectivity index (χ4v) is 3.42. The highest BCUT2D eigenvalue weighted by molar-refractivity contribution is 5.93. The Hall–Kier alpha value is -3.87. The maximum Gasteiger partial charge on any atom is 0.335 e. The van der Waals surface area contributed by atoms with Gasteiger partial charge in [-0.3, -0.25) is 9.36 Å². The molecular formula is C23H22N4O3. The van der Waals surface area contributed by atoms with Crippen LogP contribution >= 0.6 is 0 Å². The lowest BCUT2D eigenvalue weighted by molar-refractivity contribution is -0.116. The SMILES string of the molecule is COc1ccc(C)cc1NC(=O)Cn1c(=O)n(-c2ccc(C)cc2)c2ncccc21. The summed E-state index contributed by atoms with van der Waals surface area (Å²) in [6.45, 7) is 3.77. The van der Waals surface area contributed by atoms with Crippen molar-refractivity contribution < 1.29 is 9.53 Å². The normalized spacial score (nSPS) is 10.9. The lowest BCUT2D eigenvalue weighted by Crippen LogP contribution is -2.29. The van der Waals surface area contributed by atoms with Crippen LogP contribution in [0, 0.1) is 13.8 Å². The first-order valence-electron chi connectivity index (χ1n) is 9.55. The van der Waals surface area contributed by atoms with E-state index in [1.807, 2.05) is 50.2 Å². The highest BCUT2D eigenvalue weighted by atomic mass is 16.5. The molecular weight excluding hydrogens is 380 g/mol. The molecule has 7 heteroatoms. The maximum absolute atomic E-state index is 13.2. The van der Waals surface area contributed by atoms with Gasteiger partial charge in [-0.2, -0.15) is 0 Å². The van der Waals surface area contributed by atoms with Crippen molar-refractivity contribution in [3.8, 4) is 11.4 Å². The third-order valence-corrected chi connectivity index (χ3v) is 4.91.